The fourth-order valence-electron chi connectivity index (χ4n) is 3.60. The molecular formula is C16H27ClN4O. The number of rotatable bonds is 3. The highest BCUT2D eigenvalue weighted by atomic mass is 35.5. The number of aromatic amines is 1. The molecule has 124 valence electrons. The van der Waals surface area contributed by atoms with Crippen molar-refractivity contribution in [3.8, 4) is 0 Å². The van der Waals surface area contributed by atoms with Crippen LogP contribution < -0.4 is 10.6 Å². The van der Waals surface area contributed by atoms with E-state index in [1.165, 1.54) is 12.8 Å². The second-order valence-electron chi connectivity index (χ2n) is 6.79. The molecule has 22 heavy (non-hydrogen) atoms. The summed E-state index contributed by atoms with van der Waals surface area (Å²) in [6.07, 6.45) is 5.57. The predicted octanol–water partition coefficient (Wildman–Crippen LogP) is 2.42. The highest BCUT2D eigenvalue weighted by molar-refractivity contribution is 5.94. The zero-order chi connectivity index (χ0) is 14.8. The van der Waals surface area contributed by atoms with Crippen LogP contribution in [-0.2, 0) is 13.0 Å². The van der Waals surface area contributed by atoms with E-state index in [1.54, 1.807) is 0 Å². The molecule has 2 aliphatic rings. The molecular weight excluding hydrogens is 300 g/mol. The molecule has 0 bridgehead atoms. The third-order valence-corrected chi connectivity index (χ3v) is 5.07. The number of aromatic nitrogens is 2. The highest BCUT2D eigenvalue weighted by Crippen LogP contribution is 2.30. The number of H-pyrrole nitrogens is 1. The molecule has 1 aliphatic carbocycles. The molecule has 0 aromatic carbocycles. The minimum Gasteiger partial charge on any atom is -0.348 e. The Morgan fingerprint density at radius 1 is 1.27 bits per heavy atom. The molecule has 0 radical (unpaired) electrons. The van der Waals surface area contributed by atoms with Gasteiger partial charge in [0.1, 0.15) is 0 Å². The van der Waals surface area contributed by atoms with Crippen molar-refractivity contribution in [1.82, 2.24) is 20.8 Å². The lowest BCUT2D eigenvalue weighted by Gasteiger charge is -2.31. The Kier molecular flexibility index (Phi) is 5.87. The Bertz CT molecular complexity index is 506. The van der Waals surface area contributed by atoms with Crippen molar-refractivity contribution in [2.24, 2.45) is 11.8 Å². The molecule has 1 saturated carbocycles. The first-order chi connectivity index (χ1) is 10.1. The fraction of sp³-hybridized carbons (Fsp3) is 0.750. The molecule has 6 heteroatoms. The summed E-state index contributed by atoms with van der Waals surface area (Å²) in [5.41, 5.74) is 2.75. The topological polar surface area (TPSA) is 69.8 Å². The lowest BCUT2D eigenvalue weighted by Crippen LogP contribution is -2.39. The van der Waals surface area contributed by atoms with Crippen LogP contribution in [0.2, 0.25) is 0 Å². The van der Waals surface area contributed by atoms with Gasteiger partial charge in [-0.3, -0.25) is 9.89 Å². The number of amides is 1. The number of nitrogens with one attached hydrogen (secondary N) is 3. The first-order valence-electron chi connectivity index (χ1n) is 8.23. The average molecular weight is 327 g/mol. The molecule has 2 heterocycles. The molecule has 0 saturated heterocycles. The van der Waals surface area contributed by atoms with Gasteiger partial charge in [0.2, 0.25) is 0 Å². The van der Waals surface area contributed by atoms with Crippen LogP contribution in [0.1, 0.15) is 61.3 Å². The monoisotopic (exact) mass is 326 g/mol. The van der Waals surface area contributed by atoms with Gasteiger partial charge in [-0.2, -0.15) is 5.10 Å². The van der Waals surface area contributed by atoms with Gasteiger partial charge < -0.3 is 10.6 Å². The van der Waals surface area contributed by atoms with Gasteiger partial charge in [0.15, 0.2) is 5.69 Å². The molecule has 1 amide bonds. The summed E-state index contributed by atoms with van der Waals surface area (Å²) in [6, 6.07) is 0.316. The number of carbonyl (C=O) groups is 1. The van der Waals surface area contributed by atoms with Crippen LogP contribution in [0, 0.1) is 11.8 Å². The van der Waals surface area contributed by atoms with Crippen LogP contribution in [0.25, 0.3) is 0 Å². The van der Waals surface area contributed by atoms with Crippen molar-refractivity contribution in [3.63, 3.8) is 0 Å². The van der Waals surface area contributed by atoms with E-state index in [0.29, 0.717) is 11.7 Å². The van der Waals surface area contributed by atoms with Crippen molar-refractivity contribution in [3.05, 3.63) is 17.0 Å². The number of halogens is 1. The van der Waals surface area contributed by atoms with Gasteiger partial charge in [0.05, 0.1) is 0 Å². The van der Waals surface area contributed by atoms with Crippen molar-refractivity contribution < 1.29 is 4.79 Å². The third kappa shape index (κ3) is 3.63. The van der Waals surface area contributed by atoms with Crippen LogP contribution in [0.4, 0.5) is 0 Å². The van der Waals surface area contributed by atoms with Gasteiger partial charge in [0.25, 0.3) is 5.91 Å². The first-order valence-corrected chi connectivity index (χ1v) is 8.23. The molecule has 5 nitrogen and oxygen atoms in total. The number of hydrogen-bond donors (Lipinski definition) is 3. The van der Waals surface area contributed by atoms with Gasteiger partial charge >= 0.3 is 0 Å². The molecule has 0 atom stereocenters. The minimum absolute atomic E-state index is 0. The van der Waals surface area contributed by atoms with E-state index in [0.717, 1.165) is 55.4 Å². The number of fused-ring (bicyclic) bond motifs is 1. The van der Waals surface area contributed by atoms with Crippen molar-refractivity contribution in [2.75, 3.05) is 6.54 Å². The Hall–Kier alpha value is -1.07. The average Bonchev–Trinajstić information content (AvgIpc) is 2.92. The fourth-order valence-corrected chi connectivity index (χ4v) is 3.60. The maximum absolute atomic E-state index is 12.4. The second kappa shape index (κ2) is 7.47. The standard InChI is InChI=1S/C16H26N4O.ClH/c1-10(2)11-3-5-12(6-4-11)18-16(21)15-13-9-17-8-7-14(13)19-20-15;/h10-12,17H,3-9H2,1-2H3,(H,18,21)(H,19,20);1H. The van der Waals surface area contributed by atoms with Gasteiger partial charge in [-0.15, -0.1) is 12.4 Å². The second-order valence-corrected chi connectivity index (χ2v) is 6.79. The van der Waals surface area contributed by atoms with Gasteiger partial charge in [-0.05, 0) is 37.5 Å². The Labute approximate surface area is 138 Å². The third-order valence-electron chi connectivity index (χ3n) is 5.07. The molecule has 1 aromatic heterocycles. The Balaban J connectivity index is 0.00000176. The summed E-state index contributed by atoms with van der Waals surface area (Å²) in [7, 11) is 0. The van der Waals surface area contributed by atoms with Crippen LogP contribution in [-0.4, -0.2) is 28.7 Å². The summed E-state index contributed by atoms with van der Waals surface area (Å²) < 4.78 is 0. The van der Waals surface area contributed by atoms with Crippen LogP contribution in [0.3, 0.4) is 0 Å². The maximum Gasteiger partial charge on any atom is 0.272 e. The largest absolute Gasteiger partial charge is 0.348 e. The lowest BCUT2D eigenvalue weighted by molar-refractivity contribution is 0.0911. The normalized spacial score (nSPS) is 24.5. The van der Waals surface area contributed by atoms with Gasteiger partial charge in [0, 0.05) is 36.8 Å². The number of hydrogen-bond acceptors (Lipinski definition) is 3. The van der Waals surface area contributed by atoms with Crippen LogP contribution >= 0.6 is 12.4 Å². The Morgan fingerprint density at radius 2 is 2.00 bits per heavy atom. The van der Waals surface area contributed by atoms with E-state index in [1.807, 2.05) is 0 Å². The maximum atomic E-state index is 12.4. The molecule has 0 unspecified atom stereocenters. The number of nitrogens with zero attached hydrogens (tertiary/aromatic N) is 1. The molecule has 1 aliphatic heterocycles. The predicted molar refractivity (Wildman–Crippen MR) is 89.3 cm³/mol. The minimum atomic E-state index is -0.0100. The zero-order valence-electron chi connectivity index (χ0n) is 13.4. The summed E-state index contributed by atoms with van der Waals surface area (Å²) in [4.78, 5) is 12.4. The van der Waals surface area contributed by atoms with Crippen LogP contribution in [0.5, 0.6) is 0 Å². The quantitative estimate of drug-likeness (QED) is 0.799. The van der Waals surface area contributed by atoms with E-state index in [2.05, 4.69) is 34.7 Å². The summed E-state index contributed by atoms with van der Waals surface area (Å²) >= 11 is 0. The lowest BCUT2D eigenvalue weighted by atomic mass is 9.79. The zero-order valence-corrected chi connectivity index (χ0v) is 14.3. The van der Waals surface area contributed by atoms with Crippen molar-refractivity contribution >= 4 is 18.3 Å². The summed E-state index contributed by atoms with van der Waals surface area (Å²) in [5.74, 6) is 1.57. The molecule has 1 fully saturated rings. The number of carbonyl (C=O) groups excluding carboxylic acids is 1. The van der Waals surface area contributed by atoms with E-state index in [9.17, 15) is 4.79 Å². The van der Waals surface area contributed by atoms with Crippen LogP contribution in [0.15, 0.2) is 0 Å². The molecule has 3 N–H and O–H groups in total. The van der Waals surface area contributed by atoms with E-state index in [-0.39, 0.29) is 18.3 Å². The summed E-state index contributed by atoms with van der Waals surface area (Å²) in [6.45, 7) is 6.29. The van der Waals surface area contributed by atoms with Gasteiger partial charge in [-0.25, -0.2) is 0 Å². The highest BCUT2D eigenvalue weighted by Gasteiger charge is 2.27. The van der Waals surface area contributed by atoms with Crippen molar-refractivity contribution in [1.29, 1.82) is 0 Å². The SMILES string of the molecule is CC(C)C1CCC(NC(=O)c2n[nH]c3c2CNCC3)CC1.Cl. The first kappa shape index (κ1) is 17.3. The van der Waals surface area contributed by atoms with E-state index in [4.69, 9.17) is 0 Å². The summed E-state index contributed by atoms with van der Waals surface area (Å²) in [5, 5.41) is 13.7. The molecule has 0 spiro atoms. The van der Waals surface area contributed by atoms with E-state index < -0.39 is 0 Å². The van der Waals surface area contributed by atoms with E-state index >= 15 is 0 Å². The Morgan fingerprint density at radius 3 is 2.68 bits per heavy atom. The molecule has 1 aromatic rings. The van der Waals surface area contributed by atoms with Gasteiger partial charge in [-0.1, -0.05) is 13.8 Å². The molecule has 3 rings (SSSR count). The smallest absolute Gasteiger partial charge is 0.272 e. The van der Waals surface area contributed by atoms with Crippen molar-refractivity contribution in [2.45, 2.75) is 58.5 Å².